The monoisotopic (exact) mass is 396 g/mol. The van der Waals surface area contributed by atoms with Crippen LogP contribution in [0.25, 0.3) is 10.9 Å². The van der Waals surface area contributed by atoms with Crippen LogP contribution in [0.4, 0.5) is 5.69 Å². The van der Waals surface area contributed by atoms with Gasteiger partial charge in [0.2, 0.25) is 0 Å². The van der Waals surface area contributed by atoms with E-state index < -0.39 is 0 Å². The van der Waals surface area contributed by atoms with Gasteiger partial charge in [-0.1, -0.05) is 42.5 Å². The summed E-state index contributed by atoms with van der Waals surface area (Å²) in [5.41, 5.74) is 3.98. The topological polar surface area (TPSA) is 84.0 Å². The van der Waals surface area contributed by atoms with E-state index in [0.29, 0.717) is 23.3 Å². The van der Waals surface area contributed by atoms with Gasteiger partial charge in [-0.3, -0.25) is 19.6 Å². The van der Waals surface area contributed by atoms with Crippen molar-refractivity contribution in [1.82, 2.24) is 15.3 Å². The summed E-state index contributed by atoms with van der Waals surface area (Å²) < 4.78 is 0. The lowest BCUT2D eigenvalue weighted by Gasteiger charge is -2.10. The number of benzene rings is 2. The Labute approximate surface area is 174 Å². The summed E-state index contributed by atoms with van der Waals surface area (Å²) in [7, 11) is 0. The maximum Gasteiger partial charge on any atom is 0.270 e. The molecule has 2 aromatic heterocycles. The fourth-order valence-electron chi connectivity index (χ4n) is 3.17. The van der Waals surface area contributed by atoms with E-state index >= 15 is 0 Å². The van der Waals surface area contributed by atoms with E-state index in [1.807, 2.05) is 55.5 Å². The Morgan fingerprint density at radius 1 is 0.867 bits per heavy atom. The minimum Gasteiger partial charge on any atom is -0.347 e. The van der Waals surface area contributed by atoms with Crippen molar-refractivity contribution in [3.05, 3.63) is 102 Å². The lowest BCUT2D eigenvalue weighted by atomic mass is 10.1. The van der Waals surface area contributed by atoms with Gasteiger partial charge in [-0.05, 0) is 42.3 Å². The lowest BCUT2D eigenvalue weighted by molar-refractivity contribution is 0.0946. The fourth-order valence-corrected chi connectivity index (χ4v) is 3.17. The van der Waals surface area contributed by atoms with Crippen LogP contribution in [0.1, 0.15) is 32.0 Å². The first kappa shape index (κ1) is 19.3. The van der Waals surface area contributed by atoms with Crippen LogP contribution in [0.3, 0.4) is 0 Å². The van der Waals surface area contributed by atoms with E-state index in [1.165, 1.54) is 12.3 Å². The molecule has 2 N–H and O–H groups in total. The Balaban J connectivity index is 1.49. The Morgan fingerprint density at radius 2 is 1.70 bits per heavy atom. The summed E-state index contributed by atoms with van der Waals surface area (Å²) >= 11 is 0. The van der Waals surface area contributed by atoms with Crippen LogP contribution in [0.2, 0.25) is 0 Å². The largest absolute Gasteiger partial charge is 0.347 e. The van der Waals surface area contributed by atoms with Gasteiger partial charge in [-0.15, -0.1) is 0 Å². The van der Waals surface area contributed by atoms with Gasteiger partial charge in [0, 0.05) is 29.9 Å². The van der Waals surface area contributed by atoms with Gasteiger partial charge in [-0.2, -0.15) is 0 Å². The van der Waals surface area contributed by atoms with Crippen molar-refractivity contribution in [2.45, 2.75) is 13.5 Å². The number of rotatable bonds is 5. The minimum absolute atomic E-state index is 0.187. The second-order valence-electron chi connectivity index (χ2n) is 6.87. The molecule has 2 heterocycles. The molecule has 6 heteroatoms. The van der Waals surface area contributed by atoms with Crippen molar-refractivity contribution < 1.29 is 9.59 Å². The third kappa shape index (κ3) is 4.17. The molecule has 0 radical (unpaired) electrons. The minimum atomic E-state index is -0.334. The van der Waals surface area contributed by atoms with Crippen LogP contribution < -0.4 is 10.6 Å². The van der Waals surface area contributed by atoms with Crippen LogP contribution in [-0.4, -0.2) is 21.8 Å². The van der Waals surface area contributed by atoms with Crippen molar-refractivity contribution in [3.63, 3.8) is 0 Å². The number of aromatic nitrogens is 2. The molecule has 0 aliphatic carbocycles. The average molecular weight is 396 g/mol. The molecule has 2 aromatic carbocycles. The molecular formula is C24H20N4O2. The molecule has 0 saturated heterocycles. The van der Waals surface area contributed by atoms with Gasteiger partial charge < -0.3 is 10.6 Å². The van der Waals surface area contributed by atoms with Crippen LogP contribution in [-0.2, 0) is 6.54 Å². The third-order valence-corrected chi connectivity index (χ3v) is 4.84. The van der Waals surface area contributed by atoms with Crippen molar-refractivity contribution in [3.8, 4) is 0 Å². The summed E-state index contributed by atoms with van der Waals surface area (Å²) in [5, 5.41) is 6.66. The van der Waals surface area contributed by atoms with Gasteiger partial charge in [0.1, 0.15) is 5.69 Å². The Hall–Kier alpha value is -4.06. The number of pyridine rings is 2. The predicted molar refractivity (Wildman–Crippen MR) is 116 cm³/mol. The van der Waals surface area contributed by atoms with E-state index in [9.17, 15) is 9.59 Å². The van der Waals surface area contributed by atoms with Gasteiger partial charge in [0.25, 0.3) is 11.8 Å². The molecule has 4 rings (SSSR count). The smallest absolute Gasteiger partial charge is 0.270 e. The quantitative estimate of drug-likeness (QED) is 0.531. The van der Waals surface area contributed by atoms with Gasteiger partial charge in [-0.25, -0.2) is 0 Å². The van der Waals surface area contributed by atoms with Gasteiger partial charge >= 0.3 is 0 Å². The molecule has 6 nitrogen and oxygen atoms in total. The van der Waals surface area contributed by atoms with E-state index in [0.717, 1.165) is 16.5 Å². The maximum absolute atomic E-state index is 12.8. The highest BCUT2D eigenvalue weighted by Crippen LogP contribution is 2.21. The number of amides is 2. The molecule has 2 amide bonds. The lowest BCUT2D eigenvalue weighted by Crippen LogP contribution is -2.24. The molecular weight excluding hydrogens is 376 g/mol. The zero-order chi connectivity index (χ0) is 20.9. The van der Waals surface area contributed by atoms with Crippen molar-refractivity contribution >= 4 is 28.4 Å². The van der Waals surface area contributed by atoms with Crippen LogP contribution >= 0.6 is 0 Å². The van der Waals surface area contributed by atoms with Crippen molar-refractivity contribution in [1.29, 1.82) is 0 Å². The maximum atomic E-state index is 12.8. The number of hydrogen-bond acceptors (Lipinski definition) is 4. The van der Waals surface area contributed by atoms with Gasteiger partial charge in [0.05, 0.1) is 11.2 Å². The second kappa shape index (κ2) is 8.53. The summed E-state index contributed by atoms with van der Waals surface area (Å²) in [5.74, 6) is -0.664. The predicted octanol–water partition coefficient (Wildman–Crippen LogP) is 4.12. The van der Waals surface area contributed by atoms with Crippen molar-refractivity contribution in [2.24, 2.45) is 0 Å². The number of hydrogen-bond donors (Lipinski definition) is 2. The molecule has 0 atom stereocenters. The second-order valence-corrected chi connectivity index (χ2v) is 6.87. The van der Waals surface area contributed by atoms with E-state index in [-0.39, 0.29) is 17.5 Å². The van der Waals surface area contributed by atoms with E-state index in [4.69, 9.17) is 0 Å². The highest BCUT2D eigenvalue weighted by molar-refractivity contribution is 6.09. The molecule has 148 valence electrons. The normalized spacial score (nSPS) is 10.6. The first-order chi connectivity index (χ1) is 14.6. The van der Waals surface area contributed by atoms with E-state index in [2.05, 4.69) is 20.6 Å². The molecule has 0 aliphatic heterocycles. The van der Waals surface area contributed by atoms with Gasteiger partial charge in [0.15, 0.2) is 0 Å². The van der Waals surface area contributed by atoms with E-state index in [1.54, 1.807) is 18.3 Å². The average Bonchev–Trinajstić information content (AvgIpc) is 2.78. The summed E-state index contributed by atoms with van der Waals surface area (Å²) in [4.78, 5) is 33.7. The molecule has 30 heavy (non-hydrogen) atoms. The van der Waals surface area contributed by atoms with Crippen LogP contribution in [0, 0.1) is 6.92 Å². The SMILES string of the molecule is Cc1ccccc1CNC(=O)c1cc(C(=O)Nc2cccc3cccnc23)ccn1. The third-order valence-electron chi connectivity index (χ3n) is 4.84. The molecule has 4 aromatic rings. The standard InChI is InChI=1S/C24H20N4O2/c1-16-6-2-3-7-19(16)15-27-24(30)21-14-18(11-13-25-21)23(29)28-20-10-4-8-17-9-5-12-26-22(17)20/h2-14H,15H2,1H3,(H,27,30)(H,28,29). The molecule has 0 bridgehead atoms. The molecule has 0 fully saturated rings. The number of nitrogens with zero attached hydrogens (tertiary/aromatic N) is 2. The first-order valence-electron chi connectivity index (χ1n) is 9.56. The Bertz CT molecular complexity index is 1230. The molecule has 0 unspecified atom stereocenters. The summed E-state index contributed by atoms with van der Waals surface area (Å²) in [6.45, 7) is 2.39. The molecule has 0 aliphatic rings. The number of nitrogens with one attached hydrogen (secondary N) is 2. The van der Waals surface area contributed by atoms with Crippen molar-refractivity contribution in [2.75, 3.05) is 5.32 Å². The molecule has 0 saturated carbocycles. The zero-order valence-electron chi connectivity index (χ0n) is 16.4. The number of anilines is 1. The Kier molecular flexibility index (Phi) is 5.48. The highest BCUT2D eigenvalue weighted by atomic mass is 16.2. The number of carbonyl (C=O) groups excluding carboxylic acids is 2. The number of para-hydroxylation sites is 1. The first-order valence-corrected chi connectivity index (χ1v) is 9.56. The zero-order valence-corrected chi connectivity index (χ0v) is 16.4. The van der Waals surface area contributed by atoms with Crippen LogP contribution in [0.5, 0.6) is 0 Å². The number of fused-ring (bicyclic) bond motifs is 1. The highest BCUT2D eigenvalue weighted by Gasteiger charge is 2.13. The van der Waals surface area contributed by atoms with Crippen LogP contribution in [0.15, 0.2) is 79.1 Å². The number of carbonyl (C=O) groups is 2. The Morgan fingerprint density at radius 3 is 2.57 bits per heavy atom. The summed E-state index contributed by atoms with van der Waals surface area (Å²) in [6.07, 6.45) is 3.14. The fraction of sp³-hybridized carbons (Fsp3) is 0.0833. The molecule has 0 spiro atoms. The summed E-state index contributed by atoms with van der Waals surface area (Å²) in [6, 6.07) is 20.3. The number of aryl methyl sites for hydroxylation is 1.